The Morgan fingerprint density at radius 3 is 2.77 bits per heavy atom. The third kappa shape index (κ3) is 1.41. The van der Waals surface area contributed by atoms with Gasteiger partial charge in [0.15, 0.2) is 0 Å². The Kier molecular flexibility index (Phi) is 1.79. The van der Waals surface area contributed by atoms with Crippen molar-refractivity contribution in [3.05, 3.63) is 23.4 Å². The van der Waals surface area contributed by atoms with E-state index in [-0.39, 0.29) is 0 Å². The molecule has 1 aromatic heterocycles. The van der Waals surface area contributed by atoms with Gasteiger partial charge in [-0.05, 0) is 35.8 Å². The fourth-order valence-electron chi connectivity index (χ4n) is 1.61. The number of aryl methyl sites for hydroxylation is 1. The van der Waals surface area contributed by atoms with E-state index < -0.39 is 0 Å². The normalized spacial score (nSPS) is 18.6. The van der Waals surface area contributed by atoms with Crippen LogP contribution in [-0.4, -0.2) is 4.98 Å². The maximum Gasteiger partial charge on any atom is 0.126 e. The Morgan fingerprint density at radius 1 is 1.54 bits per heavy atom. The Balaban J connectivity index is 2.39. The van der Waals surface area contributed by atoms with Gasteiger partial charge in [0.1, 0.15) is 5.82 Å². The van der Waals surface area contributed by atoms with E-state index in [2.05, 4.69) is 24.9 Å². The molecule has 0 aliphatic heterocycles. The van der Waals surface area contributed by atoms with Crippen molar-refractivity contribution in [2.45, 2.75) is 38.5 Å². The van der Waals surface area contributed by atoms with E-state index in [1.54, 1.807) is 0 Å². The molecule has 2 nitrogen and oxygen atoms in total. The molecule has 13 heavy (non-hydrogen) atoms. The number of rotatable bonds is 2. The lowest BCUT2D eigenvalue weighted by atomic mass is 9.98. The molecule has 0 aromatic carbocycles. The molecule has 1 fully saturated rings. The molecule has 2 rings (SSSR count). The minimum atomic E-state index is 0.407. The molecular formula is C11H16N2. The van der Waals surface area contributed by atoms with Gasteiger partial charge in [0.05, 0.1) is 0 Å². The van der Waals surface area contributed by atoms with E-state index in [9.17, 15) is 0 Å². The second-order valence-electron chi connectivity index (χ2n) is 4.18. The summed E-state index contributed by atoms with van der Waals surface area (Å²) >= 11 is 0. The van der Waals surface area contributed by atoms with Crippen LogP contribution in [0.3, 0.4) is 0 Å². The van der Waals surface area contributed by atoms with Crippen molar-refractivity contribution in [2.75, 3.05) is 5.73 Å². The van der Waals surface area contributed by atoms with Crippen LogP contribution in [0.2, 0.25) is 0 Å². The van der Waals surface area contributed by atoms with Crippen molar-refractivity contribution in [1.29, 1.82) is 0 Å². The predicted octanol–water partition coefficient (Wildman–Crippen LogP) is 2.28. The fraction of sp³-hybridized carbons (Fsp3) is 0.545. The highest BCUT2D eigenvalue weighted by Crippen LogP contribution is 2.47. The first-order valence-electron chi connectivity index (χ1n) is 4.90. The standard InChI is InChI=1S/C11H16N2/c1-3-8-6-9(7-13-10(8)12)11(2)4-5-11/h6-7H,3-5H2,1-2H3,(H2,12,13). The second-order valence-corrected chi connectivity index (χ2v) is 4.18. The molecule has 1 aliphatic carbocycles. The van der Waals surface area contributed by atoms with Gasteiger partial charge >= 0.3 is 0 Å². The van der Waals surface area contributed by atoms with Gasteiger partial charge < -0.3 is 5.73 Å². The first-order chi connectivity index (χ1) is 6.15. The van der Waals surface area contributed by atoms with Crippen LogP contribution in [0.1, 0.15) is 37.8 Å². The molecule has 0 saturated heterocycles. The summed E-state index contributed by atoms with van der Waals surface area (Å²) in [6.45, 7) is 4.41. The largest absolute Gasteiger partial charge is 0.383 e. The summed E-state index contributed by atoms with van der Waals surface area (Å²) in [5.41, 5.74) is 8.71. The molecule has 1 aliphatic rings. The van der Waals surface area contributed by atoms with E-state index in [4.69, 9.17) is 5.73 Å². The van der Waals surface area contributed by atoms with Gasteiger partial charge in [-0.1, -0.05) is 19.9 Å². The number of nitrogens with zero attached hydrogens (tertiary/aromatic N) is 1. The Bertz CT molecular complexity index is 327. The minimum absolute atomic E-state index is 0.407. The molecule has 1 saturated carbocycles. The smallest absolute Gasteiger partial charge is 0.126 e. The van der Waals surface area contributed by atoms with Gasteiger partial charge in [-0.2, -0.15) is 0 Å². The maximum absolute atomic E-state index is 5.75. The highest BCUT2D eigenvalue weighted by Gasteiger charge is 2.39. The molecule has 2 N–H and O–H groups in total. The van der Waals surface area contributed by atoms with Crippen molar-refractivity contribution >= 4 is 5.82 Å². The van der Waals surface area contributed by atoms with Crippen LogP contribution < -0.4 is 5.73 Å². The molecule has 0 unspecified atom stereocenters. The average Bonchev–Trinajstić information content (AvgIpc) is 2.86. The summed E-state index contributed by atoms with van der Waals surface area (Å²) in [6.07, 6.45) is 5.49. The molecule has 1 heterocycles. The summed E-state index contributed by atoms with van der Waals surface area (Å²) in [5.74, 6) is 0.690. The minimum Gasteiger partial charge on any atom is -0.383 e. The van der Waals surface area contributed by atoms with Crippen LogP contribution in [0.5, 0.6) is 0 Å². The predicted molar refractivity (Wildman–Crippen MR) is 54.6 cm³/mol. The van der Waals surface area contributed by atoms with E-state index >= 15 is 0 Å². The van der Waals surface area contributed by atoms with Crippen LogP contribution in [-0.2, 0) is 11.8 Å². The van der Waals surface area contributed by atoms with Crippen LogP contribution in [0.15, 0.2) is 12.3 Å². The Hall–Kier alpha value is -1.05. The van der Waals surface area contributed by atoms with Gasteiger partial charge in [0, 0.05) is 6.20 Å². The molecule has 0 bridgehead atoms. The van der Waals surface area contributed by atoms with Gasteiger partial charge in [-0.15, -0.1) is 0 Å². The molecule has 0 spiro atoms. The maximum atomic E-state index is 5.75. The van der Waals surface area contributed by atoms with Crippen molar-refractivity contribution in [3.63, 3.8) is 0 Å². The highest BCUT2D eigenvalue weighted by molar-refractivity contribution is 5.43. The van der Waals surface area contributed by atoms with Crippen LogP contribution >= 0.6 is 0 Å². The topological polar surface area (TPSA) is 38.9 Å². The highest BCUT2D eigenvalue weighted by atomic mass is 14.8. The Morgan fingerprint density at radius 2 is 2.23 bits per heavy atom. The van der Waals surface area contributed by atoms with Crippen molar-refractivity contribution in [3.8, 4) is 0 Å². The lowest BCUT2D eigenvalue weighted by molar-refractivity contribution is 0.778. The average molecular weight is 176 g/mol. The van der Waals surface area contributed by atoms with E-state index in [1.165, 1.54) is 24.0 Å². The molecule has 2 heteroatoms. The van der Waals surface area contributed by atoms with Crippen LogP contribution in [0, 0.1) is 0 Å². The number of anilines is 1. The van der Waals surface area contributed by atoms with Crippen LogP contribution in [0.25, 0.3) is 0 Å². The third-order valence-electron chi connectivity index (χ3n) is 3.08. The number of nitrogen functional groups attached to an aromatic ring is 1. The summed E-state index contributed by atoms with van der Waals surface area (Å²) in [4.78, 5) is 4.23. The monoisotopic (exact) mass is 176 g/mol. The zero-order valence-electron chi connectivity index (χ0n) is 8.30. The fourth-order valence-corrected chi connectivity index (χ4v) is 1.61. The number of hydrogen-bond donors (Lipinski definition) is 1. The van der Waals surface area contributed by atoms with Crippen molar-refractivity contribution in [2.24, 2.45) is 0 Å². The molecule has 0 radical (unpaired) electrons. The van der Waals surface area contributed by atoms with Crippen molar-refractivity contribution in [1.82, 2.24) is 4.98 Å². The summed E-state index contributed by atoms with van der Waals surface area (Å²) in [7, 11) is 0. The molecule has 1 aromatic rings. The van der Waals surface area contributed by atoms with Gasteiger partial charge in [0.2, 0.25) is 0 Å². The SMILES string of the molecule is CCc1cc(C2(C)CC2)cnc1N. The molecular weight excluding hydrogens is 160 g/mol. The van der Waals surface area contributed by atoms with Gasteiger partial charge in [0.25, 0.3) is 0 Å². The van der Waals surface area contributed by atoms with Gasteiger partial charge in [-0.3, -0.25) is 0 Å². The first kappa shape index (κ1) is 8.54. The van der Waals surface area contributed by atoms with Crippen molar-refractivity contribution < 1.29 is 0 Å². The van der Waals surface area contributed by atoms with E-state index in [0.717, 1.165) is 6.42 Å². The zero-order chi connectivity index (χ0) is 9.47. The number of aromatic nitrogens is 1. The lowest BCUT2D eigenvalue weighted by Gasteiger charge is -2.10. The van der Waals surface area contributed by atoms with Crippen LogP contribution in [0.4, 0.5) is 5.82 Å². The number of hydrogen-bond acceptors (Lipinski definition) is 2. The quantitative estimate of drug-likeness (QED) is 0.750. The molecule has 0 amide bonds. The molecule has 0 atom stereocenters. The summed E-state index contributed by atoms with van der Waals surface area (Å²) in [6, 6.07) is 2.22. The first-order valence-corrected chi connectivity index (χ1v) is 4.90. The third-order valence-corrected chi connectivity index (χ3v) is 3.08. The number of pyridine rings is 1. The summed E-state index contributed by atoms with van der Waals surface area (Å²) in [5, 5.41) is 0. The molecule has 70 valence electrons. The van der Waals surface area contributed by atoms with E-state index in [0.29, 0.717) is 11.2 Å². The second kappa shape index (κ2) is 2.72. The number of nitrogens with two attached hydrogens (primary N) is 1. The van der Waals surface area contributed by atoms with E-state index in [1.807, 2.05) is 6.20 Å². The zero-order valence-corrected chi connectivity index (χ0v) is 8.30. The van der Waals surface area contributed by atoms with Gasteiger partial charge in [-0.25, -0.2) is 4.98 Å². The lowest BCUT2D eigenvalue weighted by Crippen LogP contribution is -2.04. The Labute approximate surface area is 79.2 Å². The summed E-state index contributed by atoms with van der Waals surface area (Å²) < 4.78 is 0.